The number of piperidine rings is 1. The van der Waals surface area contributed by atoms with Gasteiger partial charge in [-0.1, -0.05) is 48.9 Å². The van der Waals surface area contributed by atoms with Crippen molar-refractivity contribution in [3.63, 3.8) is 0 Å². The van der Waals surface area contributed by atoms with Crippen molar-refractivity contribution in [3.8, 4) is 5.75 Å². The van der Waals surface area contributed by atoms with Crippen LogP contribution in [0.3, 0.4) is 0 Å². The third-order valence-corrected chi connectivity index (χ3v) is 6.34. The van der Waals surface area contributed by atoms with Crippen LogP contribution in [0.25, 0.3) is 11.0 Å². The average Bonchev–Trinajstić information content (AvgIpc) is 2.81. The molecule has 0 bridgehead atoms. The van der Waals surface area contributed by atoms with Gasteiger partial charge in [-0.25, -0.2) is 4.79 Å². The molecule has 2 aromatic carbocycles. The monoisotopic (exact) mass is 419 g/mol. The number of hydrogen-bond acceptors (Lipinski definition) is 6. The second kappa shape index (κ2) is 9.35. The maximum Gasteiger partial charge on any atom is 0.343 e. The van der Waals surface area contributed by atoms with Crippen LogP contribution in [0.2, 0.25) is 0 Å². The molecule has 3 N–H and O–H groups in total. The van der Waals surface area contributed by atoms with Crippen LogP contribution in [0.5, 0.6) is 5.75 Å². The van der Waals surface area contributed by atoms with Crippen LogP contribution in [0.1, 0.15) is 43.2 Å². The first-order chi connectivity index (χ1) is 15.1. The lowest BCUT2D eigenvalue weighted by molar-refractivity contribution is 0.207. The molecule has 0 spiro atoms. The first-order valence-corrected chi connectivity index (χ1v) is 10.9. The lowest BCUT2D eigenvalue weighted by Crippen LogP contribution is -2.40. The zero-order chi connectivity index (χ0) is 21.8. The zero-order valence-corrected chi connectivity index (χ0v) is 17.8. The summed E-state index contributed by atoms with van der Waals surface area (Å²) in [4.78, 5) is 15.6. The number of nitrogens with zero attached hydrogens (tertiary/aromatic N) is 2. The molecule has 0 aliphatic carbocycles. The minimum Gasteiger partial charge on any atom is -0.507 e. The van der Waals surface area contributed by atoms with E-state index in [2.05, 4.69) is 10.0 Å². The van der Waals surface area contributed by atoms with Crippen molar-refractivity contribution < 1.29 is 9.52 Å². The molecular formula is C25H29N3O3. The van der Waals surface area contributed by atoms with Gasteiger partial charge < -0.3 is 20.3 Å². The predicted octanol–water partition coefficient (Wildman–Crippen LogP) is 4.07. The summed E-state index contributed by atoms with van der Waals surface area (Å²) >= 11 is 0. The van der Waals surface area contributed by atoms with Crippen molar-refractivity contribution in [1.82, 2.24) is 4.90 Å². The van der Waals surface area contributed by atoms with Crippen LogP contribution >= 0.6 is 0 Å². The molecule has 1 aliphatic rings. The molecule has 1 aromatic heterocycles. The van der Waals surface area contributed by atoms with Gasteiger partial charge in [-0.15, -0.1) is 0 Å². The van der Waals surface area contributed by atoms with Crippen molar-refractivity contribution in [2.75, 3.05) is 19.6 Å². The summed E-state index contributed by atoms with van der Waals surface area (Å²) in [5, 5.41) is 15.8. The molecule has 0 radical (unpaired) electrons. The Morgan fingerprint density at radius 3 is 2.48 bits per heavy atom. The van der Waals surface area contributed by atoms with Crippen LogP contribution < -0.4 is 11.5 Å². The Bertz CT molecular complexity index is 1120. The van der Waals surface area contributed by atoms with Crippen molar-refractivity contribution in [2.24, 2.45) is 16.9 Å². The summed E-state index contributed by atoms with van der Waals surface area (Å²) in [6.07, 6.45) is 3.55. The van der Waals surface area contributed by atoms with Crippen molar-refractivity contribution >= 4 is 16.7 Å². The van der Waals surface area contributed by atoms with Gasteiger partial charge in [-0.05, 0) is 50.6 Å². The summed E-state index contributed by atoms with van der Waals surface area (Å²) < 4.78 is 5.63. The third kappa shape index (κ3) is 4.35. The molecule has 0 amide bonds. The van der Waals surface area contributed by atoms with E-state index in [1.807, 2.05) is 43.3 Å². The Labute approximate surface area is 182 Å². The van der Waals surface area contributed by atoms with E-state index in [1.165, 1.54) is 6.42 Å². The second-order valence-corrected chi connectivity index (χ2v) is 8.27. The Morgan fingerprint density at radius 1 is 1.10 bits per heavy atom. The zero-order valence-electron chi connectivity index (χ0n) is 17.8. The molecule has 3 aromatic rings. The molecular weight excluding hydrogens is 390 g/mol. The van der Waals surface area contributed by atoms with E-state index < -0.39 is 11.5 Å². The molecule has 1 fully saturated rings. The first kappa shape index (κ1) is 21.1. The fourth-order valence-electron chi connectivity index (χ4n) is 4.68. The maximum absolute atomic E-state index is 13.2. The molecule has 2 heterocycles. The molecule has 1 saturated heterocycles. The van der Waals surface area contributed by atoms with E-state index in [1.54, 1.807) is 18.2 Å². The molecule has 6 heteroatoms. The molecule has 162 valence electrons. The Kier molecular flexibility index (Phi) is 6.37. The van der Waals surface area contributed by atoms with Crippen LogP contribution in [-0.4, -0.2) is 35.4 Å². The molecule has 31 heavy (non-hydrogen) atoms. The lowest BCUT2D eigenvalue weighted by atomic mass is 9.78. The van der Waals surface area contributed by atoms with E-state index in [-0.39, 0.29) is 17.2 Å². The summed E-state index contributed by atoms with van der Waals surface area (Å²) in [6.45, 7) is 4.62. The molecule has 6 nitrogen and oxygen atoms in total. The van der Waals surface area contributed by atoms with E-state index >= 15 is 0 Å². The second-order valence-electron chi connectivity index (χ2n) is 8.27. The highest BCUT2D eigenvalue weighted by Crippen LogP contribution is 2.39. The molecule has 4 rings (SSSR count). The summed E-state index contributed by atoms with van der Waals surface area (Å²) in [5.74, 6) is 5.10. The Balaban J connectivity index is 1.90. The minimum atomic E-state index is -0.529. The summed E-state index contributed by atoms with van der Waals surface area (Å²) in [7, 11) is 0. The topological polar surface area (TPSA) is 92.1 Å². The van der Waals surface area contributed by atoms with Crippen molar-refractivity contribution in [2.45, 2.75) is 32.1 Å². The van der Waals surface area contributed by atoms with Gasteiger partial charge in [0.05, 0.1) is 10.9 Å². The standard InChI is InChI=1S/C25H29N3O3/c1-17(27-26)20(16-28-14-8-3-9-15-28)22(18-10-4-2-5-11-18)23-24(29)19-12-6-7-13-21(19)31-25(23)30/h2,4-7,10-13,20,22,29H,3,8-9,14-16,26H2,1H3. The molecule has 2 atom stereocenters. The number of aromatic hydroxyl groups is 1. The number of fused-ring (bicyclic) bond motifs is 1. The number of rotatable bonds is 6. The highest BCUT2D eigenvalue weighted by Gasteiger charge is 2.34. The van der Waals surface area contributed by atoms with Gasteiger partial charge in [-0.3, -0.25) is 0 Å². The number of benzene rings is 2. The fraction of sp³-hybridized carbons (Fsp3) is 0.360. The van der Waals surface area contributed by atoms with Crippen LogP contribution in [-0.2, 0) is 0 Å². The fourth-order valence-corrected chi connectivity index (χ4v) is 4.68. The highest BCUT2D eigenvalue weighted by molar-refractivity contribution is 5.88. The van der Waals surface area contributed by atoms with Gasteiger partial charge in [0.15, 0.2) is 0 Å². The Hall–Kier alpha value is -3.12. The van der Waals surface area contributed by atoms with Crippen LogP contribution in [0, 0.1) is 5.92 Å². The van der Waals surface area contributed by atoms with Gasteiger partial charge in [0.2, 0.25) is 0 Å². The molecule has 1 aliphatic heterocycles. The quantitative estimate of drug-likeness (QED) is 0.272. The van der Waals surface area contributed by atoms with Gasteiger partial charge >= 0.3 is 5.63 Å². The van der Waals surface area contributed by atoms with Gasteiger partial charge in [-0.2, -0.15) is 5.10 Å². The Morgan fingerprint density at radius 2 is 1.77 bits per heavy atom. The summed E-state index contributed by atoms with van der Waals surface area (Å²) in [5.41, 5.74) is 1.77. The van der Waals surface area contributed by atoms with Crippen molar-refractivity contribution in [1.29, 1.82) is 0 Å². The molecule has 0 saturated carbocycles. The van der Waals surface area contributed by atoms with E-state index in [4.69, 9.17) is 10.3 Å². The van der Waals surface area contributed by atoms with Gasteiger partial charge in [0.25, 0.3) is 0 Å². The molecule has 2 unspecified atom stereocenters. The SMILES string of the molecule is CC(=NN)C(CN1CCCCC1)C(c1ccccc1)c1c(O)c2ccccc2oc1=O. The van der Waals surface area contributed by atoms with Gasteiger partial charge in [0, 0.05) is 24.1 Å². The van der Waals surface area contributed by atoms with Gasteiger partial charge in [0.1, 0.15) is 11.3 Å². The van der Waals surface area contributed by atoms with E-state index in [0.717, 1.165) is 37.2 Å². The average molecular weight is 420 g/mol. The van der Waals surface area contributed by atoms with Crippen LogP contribution in [0.4, 0.5) is 0 Å². The number of hydrazone groups is 1. The minimum absolute atomic E-state index is 0.0332. The first-order valence-electron chi connectivity index (χ1n) is 10.9. The maximum atomic E-state index is 13.2. The number of para-hydroxylation sites is 1. The van der Waals surface area contributed by atoms with Crippen molar-refractivity contribution in [3.05, 3.63) is 76.1 Å². The smallest absolute Gasteiger partial charge is 0.343 e. The number of nitrogens with two attached hydrogens (primary N) is 1. The summed E-state index contributed by atoms with van der Waals surface area (Å²) in [6, 6.07) is 16.8. The predicted molar refractivity (Wildman–Crippen MR) is 124 cm³/mol. The number of hydrogen-bond donors (Lipinski definition) is 2. The van der Waals surface area contributed by atoms with Crippen LogP contribution in [0.15, 0.2) is 68.9 Å². The normalized spacial score (nSPS) is 17.5. The van der Waals surface area contributed by atoms with E-state index in [0.29, 0.717) is 17.5 Å². The largest absolute Gasteiger partial charge is 0.507 e. The highest BCUT2D eigenvalue weighted by atomic mass is 16.4. The number of likely N-dealkylation sites (tertiary alicyclic amines) is 1. The van der Waals surface area contributed by atoms with E-state index in [9.17, 15) is 9.90 Å². The lowest BCUT2D eigenvalue weighted by Gasteiger charge is -2.34. The third-order valence-electron chi connectivity index (χ3n) is 6.34.